The van der Waals surface area contributed by atoms with E-state index in [4.69, 9.17) is 28.3 Å². The van der Waals surface area contributed by atoms with Gasteiger partial charge in [-0.25, -0.2) is 4.79 Å². The lowest BCUT2D eigenvalue weighted by molar-refractivity contribution is -0.148. The molecule has 4 amide bonds. The number of aliphatic hydroxyl groups excluding tert-OH is 1. The van der Waals surface area contributed by atoms with E-state index in [0.29, 0.717) is 16.5 Å². The first-order valence-corrected chi connectivity index (χ1v) is 8.39. The Hall–Kier alpha value is -2.03. The maximum absolute atomic E-state index is 12.2. The van der Waals surface area contributed by atoms with Crippen LogP contribution in [0.5, 0.6) is 0 Å². The Bertz CT molecular complexity index is 709. The minimum atomic E-state index is -0.932. The van der Waals surface area contributed by atoms with E-state index in [9.17, 15) is 14.4 Å². The van der Waals surface area contributed by atoms with Crippen LogP contribution in [0.3, 0.4) is 0 Å². The summed E-state index contributed by atoms with van der Waals surface area (Å²) < 4.78 is 0. The number of amides is 4. The quantitative estimate of drug-likeness (QED) is 0.608. The molecule has 10 heteroatoms. The van der Waals surface area contributed by atoms with E-state index in [0.717, 1.165) is 0 Å². The molecule has 3 rings (SSSR count). The lowest BCUT2D eigenvalue weighted by atomic mass is 10.1. The third-order valence-corrected chi connectivity index (χ3v) is 4.85. The summed E-state index contributed by atoms with van der Waals surface area (Å²) >= 11 is 12.0. The van der Waals surface area contributed by atoms with Gasteiger partial charge in [0.25, 0.3) is 0 Å². The molecule has 25 heavy (non-hydrogen) atoms. The number of hydrogen-bond acceptors (Lipinski definition) is 4. The topological polar surface area (TPSA) is 111 Å². The first-order chi connectivity index (χ1) is 11.9. The summed E-state index contributed by atoms with van der Waals surface area (Å²) in [5.74, 6) is -0.691. The number of anilines is 1. The first kappa shape index (κ1) is 17.8. The van der Waals surface area contributed by atoms with Gasteiger partial charge in [-0.15, -0.1) is 0 Å². The van der Waals surface area contributed by atoms with E-state index in [-0.39, 0.29) is 24.0 Å². The van der Waals surface area contributed by atoms with Crippen LogP contribution < -0.4 is 16.0 Å². The van der Waals surface area contributed by atoms with Gasteiger partial charge in [0.15, 0.2) is 0 Å². The number of urea groups is 1. The fourth-order valence-corrected chi connectivity index (χ4v) is 3.53. The molecule has 8 nitrogen and oxygen atoms in total. The van der Waals surface area contributed by atoms with Crippen LogP contribution in [0.2, 0.25) is 10.0 Å². The third kappa shape index (κ3) is 3.51. The number of piperazine rings is 1. The minimum absolute atomic E-state index is 0.192. The number of aliphatic hydroxyl groups is 1. The maximum Gasteiger partial charge on any atom is 0.319 e. The van der Waals surface area contributed by atoms with Crippen molar-refractivity contribution in [3.05, 3.63) is 28.2 Å². The molecule has 134 valence electrons. The average Bonchev–Trinajstić information content (AvgIpc) is 2.99. The van der Waals surface area contributed by atoms with Crippen molar-refractivity contribution in [1.82, 2.24) is 15.5 Å². The number of nitrogens with one attached hydrogen (secondary N) is 3. The van der Waals surface area contributed by atoms with Crippen molar-refractivity contribution in [2.24, 2.45) is 0 Å². The van der Waals surface area contributed by atoms with Crippen LogP contribution in [0.1, 0.15) is 6.42 Å². The Kier molecular flexibility index (Phi) is 5.03. The Labute approximate surface area is 153 Å². The number of hydrogen-bond donors (Lipinski definition) is 4. The van der Waals surface area contributed by atoms with Crippen molar-refractivity contribution in [2.75, 3.05) is 18.5 Å². The summed E-state index contributed by atoms with van der Waals surface area (Å²) in [5.41, 5.74) is 0.285. The number of fused-ring (bicyclic) bond motifs is 1. The molecule has 2 heterocycles. The van der Waals surface area contributed by atoms with Crippen LogP contribution in [-0.4, -0.2) is 59.1 Å². The molecule has 1 aromatic carbocycles. The molecule has 0 unspecified atom stereocenters. The van der Waals surface area contributed by atoms with Crippen molar-refractivity contribution in [3.8, 4) is 0 Å². The Morgan fingerprint density at radius 3 is 2.64 bits per heavy atom. The van der Waals surface area contributed by atoms with E-state index < -0.39 is 30.8 Å². The summed E-state index contributed by atoms with van der Waals surface area (Å²) in [7, 11) is 0. The SMILES string of the molecule is O=C(Nc1c(Cl)cccc1Cl)N[C@H]1C[C@H]2C(=O)N[C@H](CO)C(=O)N2C1. The van der Waals surface area contributed by atoms with Crippen molar-refractivity contribution in [2.45, 2.75) is 24.5 Å². The molecule has 0 saturated carbocycles. The van der Waals surface area contributed by atoms with Crippen LogP contribution in [0, 0.1) is 0 Å². The second-order valence-electron chi connectivity index (χ2n) is 5.88. The molecule has 2 fully saturated rings. The largest absolute Gasteiger partial charge is 0.394 e. The van der Waals surface area contributed by atoms with Crippen molar-refractivity contribution in [1.29, 1.82) is 0 Å². The van der Waals surface area contributed by atoms with Gasteiger partial charge in [0, 0.05) is 6.54 Å². The van der Waals surface area contributed by atoms with Gasteiger partial charge in [-0.05, 0) is 18.6 Å². The summed E-state index contributed by atoms with van der Waals surface area (Å²) in [4.78, 5) is 37.8. The van der Waals surface area contributed by atoms with Crippen LogP contribution >= 0.6 is 23.2 Å². The van der Waals surface area contributed by atoms with Crippen molar-refractivity contribution in [3.63, 3.8) is 0 Å². The molecule has 0 spiro atoms. The van der Waals surface area contributed by atoms with Gasteiger partial charge in [-0.1, -0.05) is 29.3 Å². The third-order valence-electron chi connectivity index (χ3n) is 4.22. The first-order valence-electron chi connectivity index (χ1n) is 7.64. The summed E-state index contributed by atoms with van der Waals surface area (Å²) in [6.07, 6.45) is 0.291. The standard InChI is InChI=1S/C15H16Cl2N4O4/c16-8-2-1-3-9(17)12(8)20-15(25)18-7-4-11-13(23)19-10(6-22)14(24)21(11)5-7/h1-3,7,10-11,22H,4-6H2,(H,19,23)(H2,18,20,25)/t7-,10+,11-/m0/s1. The summed E-state index contributed by atoms with van der Waals surface area (Å²) in [5, 5.41) is 17.5. The normalized spacial score (nSPS) is 25.4. The van der Waals surface area contributed by atoms with E-state index in [1.165, 1.54) is 4.90 Å². The van der Waals surface area contributed by atoms with Gasteiger partial charge in [0.2, 0.25) is 11.8 Å². The molecule has 3 atom stereocenters. The van der Waals surface area contributed by atoms with Gasteiger partial charge in [-0.3, -0.25) is 9.59 Å². The Morgan fingerprint density at radius 2 is 2.00 bits per heavy atom. The predicted octanol–water partition coefficient (Wildman–Crippen LogP) is 0.575. The fraction of sp³-hybridized carbons (Fsp3) is 0.400. The monoisotopic (exact) mass is 386 g/mol. The number of nitrogens with zero attached hydrogens (tertiary/aromatic N) is 1. The highest BCUT2D eigenvalue weighted by Gasteiger charge is 2.46. The van der Waals surface area contributed by atoms with E-state index in [1.54, 1.807) is 18.2 Å². The van der Waals surface area contributed by atoms with Crippen molar-refractivity contribution < 1.29 is 19.5 Å². The Balaban J connectivity index is 1.64. The maximum atomic E-state index is 12.2. The zero-order valence-corrected chi connectivity index (χ0v) is 14.5. The van der Waals surface area contributed by atoms with Gasteiger partial charge < -0.3 is 26.0 Å². The number of carbonyl (C=O) groups is 3. The summed E-state index contributed by atoms with van der Waals surface area (Å²) in [6.45, 7) is -0.269. The fourth-order valence-electron chi connectivity index (χ4n) is 3.04. The molecule has 2 aliphatic heterocycles. The average molecular weight is 387 g/mol. The summed E-state index contributed by atoms with van der Waals surface area (Å²) in [6, 6.07) is 2.32. The van der Waals surface area contributed by atoms with Gasteiger partial charge in [0.1, 0.15) is 12.1 Å². The number of carbonyl (C=O) groups excluding carboxylic acids is 3. The highest BCUT2D eigenvalue weighted by Crippen LogP contribution is 2.30. The second kappa shape index (κ2) is 7.07. The highest BCUT2D eigenvalue weighted by atomic mass is 35.5. The molecule has 2 saturated heterocycles. The lowest BCUT2D eigenvalue weighted by Gasteiger charge is -2.33. The molecule has 1 aromatic rings. The predicted molar refractivity (Wildman–Crippen MR) is 91.5 cm³/mol. The molecule has 0 aromatic heterocycles. The smallest absolute Gasteiger partial charge is 0.319 e. The molecule has 0 aliphatic carbocycles. The van der Waals surface area contributed by atoms with E-state index in [2.05, 4.69) is 16.0 Å². The minimum Gasteiger partial charge on any atom is -0.394 e. The van der Waals surface area contributed by atoms with Crippen LogP contribution in [0.4, 0.5) is 10.5 Å². The zero-order chi connectivity index (χ0) is 18.1. The number of para-hydroxylation sites is 1. The molecule has 0 bridgehead atoms. The van der Waals surface area contributed by atoms with Crippen LogP contribution in [0.25, 0.3) is 0 Å². The Morgan fingerprint density at radius 1 is 1.32 bits per heavy atom. The number of halogens is 2. The molecule has 4 N–H and O–H groups in total. The highest BCUT2D eigenvalue weighted by molar-refractivity contribution is 6.39. The van der Waals surface area contributed by atoms with Crippen LogP contribution in [-0.2, 0) is 9.59 Å². The number of benzene rings is 1. The van der Waals surface area contributed by atoms with Gasteiger partial charge in [-0.2, -0.15) is 0 Å². The van der Waals surface area contributed by atoms with E-state index in [1.807, 2.05) is 0 Å². The number of rotatable bonds is 3. The van der Waals surface area contributed by atoms with Crippen LogP contribution in [0.15, 0.2) is 18.2 Å². The zero-order valence-electron chi connectivity index (χ0n) is 13.0. The molecular weight excluding hydrogens is 371 g/mol. The van der Waals surface area contributed by atoms with Crippen molar-refractivity contribution >= 4 is 46.7 Å². The lowest BCUT2D eigenvalue weighted by Crippen LogP contribution is -2.62. The van der Waals surface area contributed by atoms with Gasteiger partial charge in [0.05, 0.1) is 28.4 Å². The second-order valence-corrected chi connectivity index (χ2v) is 6.69. The molecule has 0 radical (unpaired) electrons. The van der Waals surface area contributed by atoms with Gasteiger partial charge >= 0.3 is 6.03 Å². The molecular formula is C15H16Cl2N4O4. The molecule has 2 aliphatic rings. The van der Waals surface area contributed by atoms with E-state index >= 15 is 0 Å².